The molecular formula is C20H28N4O4. The number of hydrogen-bond donors (Lipinski definition) is 2. The van der Waals surface area contributed by atoms with Gasteiger partial charge in [0.25, 0.3) is 5.88 Å². The fourth-order valence-electron chi connectivity index (χ4n) is 3.42. The molecule has 1 aromatic heterocycles. The van der Waals surface area contributed by atoms with Crippen LogP contribution in [0.25, 0.3) is 0 Å². The first-order chi connectivity index (χ1) is 13.7. The Morgan fingerprint density at radius 1 is 1.21 bits per heavy atom. The lowest BCUT2D eigenvalue weighted by atomic mass is 9.83. The molecular weight excluding hydrogens is 360 g/mol. The first kappa shape index (κ1) is 20.1. The van der Waals surface area contributed by atoms with Crippen LogP contribution in [0, 0.1) is 0 Å². The highest BCUT2D eigenvalue weighted by molar-refractivity contribution is 5.89. The summed E-state index contributed by atoms with van der Waals surface area (Å²) >= 11 is 0. The first-order valence-electron chi connectivity index (χ1n) is 9.89. The first-order valence-corrected chi connectivity index (χ1v) is 9.89. The maximum atomic E-state index is 11.9. The Labute approximate surface area is 164 Å². The highest BCUT2D eigenvalue weighted by atomic mass is 16.5. The molecule has 1 saturated carbocycles. The smallest absolute Gasteiger partial charge is 0.362 e. The zero-order valence-electron chi connectivity index (χ0n) is 16.2. The largest absolute Gasteiger partial charge is 0.494 e. The third-order valence-corrected chi connectivity index (χ3v) is 4.92. The van der Waals surface area contributed by atoms with Crippen molar-refractivity contribution in [2.24, 2.45) is 5.73 Å². The minimum Gasteiger partial charge on any atom is -0.494 e. The molecule has 1 aliphatic carbocycles. The molecule has 152 valence electrons. The number of ether oxygens (including phenoxy) is 3. The van der Waals surface area contributed by atoms with Crippen molar-refractivity contribution in [3.8, 4) is 11.6 Å². The monoisotopic (exact) mass is 388 g/mol. The van der Waals surface area contributed by atoms with Crippen molar-refractivity contribution >= 4 is 5.97 Å². The van der Waals surface area contributed by atoms with Crippen LogP contribution >= 0.6 is 0 Å². The van der Waals surface area contributed by atoms with Crippen LogP contribution in [-0.2, 0) is 4.74 Å². The third kappa shape index (κ3) is 5.22. The summed E-state index contributed by atoms with van der Waals surface area (Å²) in [6.07, 6.45) is 4.71. The van der Waals surface area contributed by atoms with E-state index in [1.54, 1.807) is 6.92 Å². The van der Waals surface area contributed by atoms with Gasteiger partial charge in [0.2, 0.25) is 5.69 Å². The van der Waals surface area contributed by atoms with Crippen molar-refractivity contribution in [2.45, 2.75) is 51.0 Å². The van der Waals surface area contributed by atoms with Gasteiger partial charge in [0, 0.05) is 0 Å². The molecule has 0 amide bonds. The minimum absolute atomic E-state index is 0.0217. The number of nitrogens with zero attached hydrogens (tertiary/aromatic N) is 2. The zero-order chi connectivity index (χ0) is 19.8. The van der Waals surface area contributed by atoms with Crippen molar-refractivity contribution in [1.82, 2.24) is 15.4 Å². The van der Waals surface area contributed by atoms with E-state index in [0.29, 0.717) is 25.7 Å². The SMILES string of the molecule is CCOC(=O)c1[nH]nnc1OC1CCC(c2ccc(OCCCN)cc2)CC1. The van der Waals surface area contributed by atoms with Crippen molar-refractivity contribution in [1.29, 1.82) is 0 Å². The molecule has 3 N–H and O–H groups in total. The highest BCUT2D eigenvalue weighted by Crippen LogP contribution is 2.35. The summed E-state index contributed by atoms with van der Waals surface area (Å²) in [5.41, 5.74) is 6.98. The van der Waals surface area contributed by atoms with E-state index in [1.807, 2.05) is 12.1 Å². The molecule has 2 aromatic rings. The average molecular weight is 388 g/mol. The fraction of sp³-hybridized carbons (Fsp3) is 0.550. The van der Waals surface area contributed by atoms with Crippen LogP contribution in [-0.4, -0.2) is 47.2 Å². The Kier molecular flexibility index (Phi) is 7.25. The Balaban J connectivity index is 1.50. The van der Waals surface area contributed by atoms with Gasteiger partial charge in [-0.15, -0.1) is 0 Å². The van der Waals surface area contributed by atoms with E-state index >= 15 is 0 Å². The third-order valence-electron chi connectivity index (χ3n) is 4.92. The Morgan fingerprint density at radius 3 is 2.64 bits per heavy atom. The average Bonchev–Trinajstić information content (AvgIpc) is 3.18. The molecule has 0 aliphatic heterocycles. The van der Waals surface area contributed by atoms with Gasteiger partial charge in [-0.25, -0.2) is 9.89 Å². The number of rotatable bonds is 9. The van der Waals surface area contributed by atoms with E-state index < -0.39 is 5.97 Å². The number of H-pyrrole nitrogens is 1. The summed E-state index contributed by atoms with van der Waals surface area (Å²) in [4.78, 5) is 11.9. The van der Waals surface area contributed by atoms with E-state index in [1.165, 1.54) is 5.56 Å². The molecule has 0 radical (unpaired) electrons. The van der Waals surface area contributed by atoms with E-state index in [2.05, 4.69) is 27.5 Å². The maximum absolute atomic E-state index is 11.9. The van der Waals surface area contributed by atoms with Crippen LogP contribution < -0.4 is 15.2 Å². The van der Waals surface area contributed by atoms with Gasteiger partial charge < -0.3 is 19.9 Å². The molecule has 1 aromatic carbocycles. The molecule has 0 saturated heterocycles. The summed E-state index contributed by atoms with van der Waals surface area (Å²) < 4.78 is 16.6. The molecule has 0 spiro atoms. The standard InChI is InChI=1S/C20H28N4O4/c1-2-26-20(25)18-19(23-24-22-18)28-17-10-6-15(7-11-17)14-4-8-16(9-5-14)27-13-3-12-21/h4-5,8-9,15,17H,2-3,6-7,10-13,21H2,1H3,(H,22,23,24). The summed E-state index contributed by atoms with van der Waals surface area (Å²) in [6.45, 7) is 3.33. The molecule has 0 atom stereocenters. The summed E-state index contributed by atoms with van der Waals surface area (Å²) in [5.74, 6) is 1.11. The van der Waals surface area contributed by atoms with Gasteiger partial charge in [-0.05, 0) is 69.2 Å². The molecule has 1 heterocycles. The van der Waals surface area contributed by atoms with Crippen LogP contribution in [0.3, 0.4) is 0 Å². The minimum atomic E-state index is -0.495. The fourth-order valence-corrected chi connectivity index (χ4v) is 3.42. The number of aromatic amines is 1. The van der Waals surface area contributed by atoms with E-state index in [0.717, 1.165) is 37.9 Å². The summed E-state index contributed by atoms with van der Waals surface area (Å²) in [5, 5.41) is 10.1. The Bertz CT molecular complexity index is 739. The van der Waals surface area contributed by atoms with Gasteiger partial charge in [-0.1, -0.05) is 22.4 Å². The number of benzene rings is 1. The van der Waals surface area contributed by atoms with Crippen LogP contribution in [0.2, 0.25) is 0 Å². The van der Waals surface area contributed by atoms with Crippen molar-refractivity contribution in [2.75, 3.05) is 19.8 Å². The van der Waals surface area contributed by atoms with E-state index in [-0.39, 0.29) is 17.7 Å². The predicted octanol–water partition coefficient (Wildman–Crippen LogP) is 2.81. The van der Waals surface area contributed by atoms with Crippen molar-refractivity contribution in [3.05, 3.63) is 35.5 Å². The van der Waals surface area contributed by atoms with Crippen LogP contribution in [0.1, 0.15) is 61.0 Å². The normalized spacial score (nSPS) is 19.2. The van der Waals surface area contributed by atoms with Gasteiger partial charge in [0.05, 0.1) is 13.2 Å². The maximum Gasteiger partial charge on any atom is 0.362 e. The summed E-state index contributed by atoms with van der Waals surface area (Å²) in [7, 11) is 0. The Hall–Kier alpha value is -2.61. The quantitative estimate of drug-likeness (QED) is 0.502. The second kappa shape index (κ2) is 10.1. The molecule has 28 heavy (non-hydrogen) atoms. The number of aromatic nitrogens is 3. The molecule has 1 aliphatic rings. The number of carbonyl (C=O) groups excluding carboxylic acids is 1. The second-order valence-corrected chi connectivity index (χ2v) is 6.86. The second-order valence-electron chi connectivity index (χ2n) is 6.86. The van der Waals surface area contributed by atoms with Gasteiger partial charge in [-0.3, -0.25) is 0 Å². The molecule has 8 heteroatoms. The molecule has 8 nitrogen and oxygen atoms in total. The zero-order valence-corrected chi connectivity index (χ0v) is 16.2. The lowest BCUT2D eigenvalue weighted by Crippen LogP contribution is -2.24. The van der Waals surface area contributed by atoms with Gasteiger partial charge in [0.1, 0.15) is 11.9 Å². The number of hydrogen-bond acceptors (Lipinski definition) is 7. The van der Waals surface area contributed by atoms with E-state index in [4.69, 9.17) is 19.9 Å². The lowest BCUT2D eigenvalue weighted by molar-refractivity contribution is 0.0508. The van der Waals surface area contributed by atoms with Gasteiger partial charge in [-0.2, -0.15) is 0 Å². The van der Waals surface area contributed by atoms with Crippen LogP contribution in [0.4, 0.5) is 0 Å². The summed E-state index contributed by atoms with van der Waals surface area (Å²) in [6, 6.07) is 8.32. The van der Waals surface area contributed by atoms with Crippen LogP contribution in [0.5, 0.6) is 11.6 Å². The van der Waals surface area contributed by atoms with Crippen molar-refractivity contribution in [3.63, 3.8) is 0 Å². The lowest BCUT2D eigenvalue weighted by Gasteiger charge is -2.28. The number of nitrogens with two attached hydrogens (primary N) is 1. The number of carbonyl (C=O) groups is 1. The number of esters is 1. The highest BCUT2D eigenvalue weighted by Gasteiger charge is 2.27. The van der Waals surface area contributed by atoms with E-state index in [9.17, 15) is 4.79 Å². The van der Waals surface area contributed by atoms with Gasteiger partial charge >= 0.3 is 5.97 Å². The molecule has 0 unspecified atom stereocenters. The van der Waals surface area contributed by atoms with Gasteiger partial charge in [0.15, 0.2) is 0 Å². The van der Waals surface area contributed by atoms with Crippen LogP contribution in [0.15, 0.2) is 24.3 Å². The predicted molar refractivity (Wildman–Crippen MR) is 104 cm³/mol. The molecule has 3 rings (SSSR count). The molecule has 0 bridgehead atoms. The topological polar surface area (TPSA) is 112 Å². The molecule has 1 fully saturated rings. The Morgan fingerprint density at radius 2 is 1.96 bits per heavy atom. The van der Waals surface area contributed by atoms with Crippen molar-refractivity contribution < 1.29 is 19.0 Å². The number of nitrogens with one attached hydrogen (secondary N) is 1.